The number of hydrogen-bond donors (Lipinski definition) is 6. The van der Waals surface area contributed by atoms with Gasteiger partial charge in [-0.05, 0) is 172 Å². The van der Waals surface area contributed by atoms with Crippen molar-refractivity contribution in [2.45, 2.75) is 244 Å². The quantitative estimate of drug-likeness (QED) is 0.0486. The number of nitrogens with zero attached hydrogens (tertiary/aromatic N) is 1. The van der Waals surface area contributed by atoms with Crippen LogP contribution in [0.1, 0.15) is 223 Å². The predicted molar refractivity (Wildman–Crippen MR) is 315 cm³/mol. The zero-order chi connectivity index (χ0) is 57.5. The van der Waals surface area contributed by atoms with Gasteiger partial charge in [-0.15, -0.1) is 0 Å². The number of rotatable bonds is 15. The Labute approximate surface area is 482 Å². The smallest absolute Gasteiger partial charge is 0.163 e. The lowest BCUT2D eigenvalue weighted by atomic mass is 9.29. The van der Waals surface area contributed by atoms with Crippen molar-refractivity contribution in [2.75, 3.05) is 26.8 Å². The van der Waals surface area contributed by atoms with Crippen LogP contribution in [0, 0.1) is 56.2 Å². The number of benzene rings is 1. The lowest BCUT2D eigenvalue weighted by Gasteiger charge is -2.74. The van der Waals surface area contributed by atoms with Crippen LogP contribution in [0.3, 0.4) is 0 Å². The molecule has 2 aromatic heterocycles. The molecule has 3 aromatic rings. The Kier molecular flexibility index (Phi) is 14.7. The number of aromatic amines is 1. The van der Waals surface area contributed by atoms with E-state index in [9.17, 15) is 25.2 Å². The fourth-order valence-electron chi connectivity index (χ4n) is 21.0. The van der Waals surface area contributed by atoms with E-state index in [1.807, 2.05) is 20.9 Å². The lowest BCUT2D eigenvalue weighted by molar-refractivity contribution is -0.267. The molecule has 9 aliphatic rings. The Morgan fingerprint density at radius 2 is 1.67 bits per heavy atom. The molecule has 12 nitrogen and oxygen atoms in total. The molecule has 6 N–H and O–H groups in total. The van der Waals surface area contributed by atoms with Gasteiger partial charge in [-0.3, -0.25) is 9.59 Å². The third-order valence-electron chi connectivity index (χ3n) is 25.6. The first-order chi connectivity index (χ1) is 38.5. The second kappa shape index (κ2) is 20.6. The molecular weight excluding hydrogens is 1010 g/mol. The van der Waals surface area contributed by atoms with E-state index in [-0.39, 0.29) is 35.4 Å². The molecule has 6 aliphatic carbocycles. The van der Waals surface area contributed by atoms with Gasteiger partial charge in [0, 0.05) is 85.2 Å². The first-order valence-electron chi connectivity index (χ1n) is 32.3. The average Bonchev–Trinajstić information content (AvgIpc) is 1.74. The SMILES string of the molecule is CCCCC[C@@H]1C(=O)C2=C3[C@@H](Cn4cc([C@H](C=O)c5cc(C6CCCCC6)cc(C6(O)CCOCC6)c5)c5[nH]cc(c54)CC[C@@]2(C)C[C@@H](O)[C@H]2OC2(C)C)[C@@H](O)[C@@H]2[C@@]4(C)[C@@H](CC[C@]2(C)[C@]31C)[C@](C)(CCNC)C(=O)C[C@]41CC[C@@H](O)C1. The molecule has 81 heavy (non-hydrogen) atoms. The van der Waals surface area contributed by atoms with Crippen molar-refractivity contribution in [3.8, 4) is 0 Å². The number of aryl methyl sites for hydroxylation is 1. The molecule has 15 atom stereocenters. The number of ether oxygens (including phenoxy) is 2. The summed E-state index contributed by atoms with van der Waals surface area (Å²) in [5, 5.41) is 54.6. The molecule has 12 heteroatoms. The molecule has 444 valence electrons. The van der Waals surface area contributed by atoms with Crippen molar-refractivity contribution in [2.24, 2.45) is 56.2 Å². The number of Topliss-reactive ketones (excluding diaryl/α,β-unsaturated/α-hetero) is 2. The molecular formula is C69H99N3O9. The molecule has 5 heterocycles. The summed E-state index contributed by atoms with van der Waals surface area (Å²) in [6.45, 7) is 20.0. The highest BCUT2D eigenvalue weighted by atomic mass is 16.6. The number of aromatic nitrogens is 2. The van der Waals surface area contributed by atoms with Gasteiger partial charge in [0.15, 0.2) is 5.78 Å². The van der Waals surface area contributed by atoms with Crippen molar-refractivity contribution < 1.29 is 44.3 Å². The zero-order valence-electron chi connectivity index (χ0n) is 50.7. The van der Waals surface area contributed by atoms with Crippen LogP contribution < -0.4 is 5.32 Å². The highest BCUT2D eigenvalue weighted by molar-refractivity contribution is 6.04. The topological polar surface area (TPSA) is 187 Å². The van der Waals surface area contributed by atoms with Gasteiger partial charge in [0.05, 0.1) is 46.5 Å². The highest BCUT2D eigenvalue weighted by Gasteiger charge is 2.79. The van der Waals surface area contributed by atoms with Crippen LogP contribution in [0.4, 0.5) is 0 Å². The third kappa shape index (κ3) is 8.66. The maximum atomic E-state index is 16.7. The first-order valence-corrected chi connectivity index (χ1v) is 32.3. The van der Waals surface area contributed by atoms with Crippen LogP contribution >= 0.6 is 0 Å². The standard InChI is InChI=1S/C69H99N3O9/c1-10-11-13-18-50-59(78)55-54-48(58(77)60-65(6,66(50,54)7)23-21-52-64(5,25-28-70-9)53(76)36-68(67(52,60)8)24-20-46(74)34-68)39-72-38-47(56-57(72)42(37-71-56)19-22-63(55,4)35-51(75)61-62(2,3)81-61)49(40-73)44-31-43(41-16-14-12-15-17-41)32-45(33-44)69(79)26-29-80-30-27-69/h31-33,37-38,40-41,46,48-52,58,60-61,70-71,74-75,77,79H,10-30,34-36,39H2,1-9H3/t46-,48-,49-,50-,51-,52+,58-,60+,61-,63+,64+,65+,66+,67-,68-/m1/s1. The van der Waals surface area contributed by atoms with E-state index >= 15 is 9.59 Å². The Morgan fingerprint density at radius 3 is 2.33 bits per heavy atom. The van der Waals surface area contributed by atoms with E-state index < -0.39 is 73.8 Å². The molecule has 0 bridgehead atoms. The summed E-state index contributed by atoms with van der Waals surface area (Å²) in [7, 11) is 1.96. The zero-order valence-corrected chi connectivity index (χ0v) is 50.7. The van der Waals surface area contributed by atoms with E-state index in [4.69, 9.17) is 9.47 Å². The van der Waals surface area contributed by atoms with Crippen LogP contribution in [-0.2, 0) is 42.4 Å². The Bertz CT molecular complexity index is 2960. The average molecular weight is 1110 g/mol. The normalized spacial score (nSPS) is 39.8. The number of unbranched alkanes of at least 4 members (excludes halogenated alkanes) is 2. The van der Waals surface area contributed by atoms with E-state index in [2.05, 4.69) is 87.0 Å². The highest BCUT2D eigenvalue weighted by Crippen LogP contribution is 2.81. The lowest BCUT2D eigenvalue weighted by Crippen LogP contribution is -2.73. The van der Waals surface area contributed by atoms with Gasteiger partial charge >= 0.3 is 0 Å². The van der Waals surface area contributed by atoms with E-state index in [0.717, 1.165) is 115 Å². The minimum atomic E-state index is -1.07. The Morgan fingerprint density at radius 1 is 0.926 bits per heavy atom. The molecule has 0 amide bonds. The molecule has 1 spiro atoms. The van der Waals surface area contributed by atoms with Gasteiger partial charge in [-0.2, -0.15) is 0 Å². The second-order valence-electron chi connectivity index (χ2n) is 30.0. The van der Waals surface area contributed by atoms with Crippen LogP contribution in [0.15, 0.2) is 41.7 Å². The Balaban J connectivity index is 1.08. The number of nitrogens with one attached hydrogen (secondary N) is 2. The van der Waals surface area contributed by atoms with Gasteiger partial charge in [0.1, 0.15) is 18.2 Å². The number of aliphatic hydroxyl groups excluding tert-OH is 3. The van der Waals surface area contributed by atoms with E-state index in [1.54, 1.807) is 0 Å². The van der Waals surface area contributed by atoms with Crippen LogP contribution in [0.5, 0.6) is 0 Å². The van der Waals surface area contributed by atoms with Crippen molar-refractivity contribution in [3.63, 3.8) is 0 Å². The Hall–Kier alpha value is -3.49. The first kappa shape index (κ1) is 57.9. The maximum absolute atomic E-state index is 16.7. The number of epoxide rings is 1. The summed E-state index contributed by atoms with van der Waals surface area (Å²) in [5.41, 5.74) is 3.15. The predicted octanol–water partition coefficient (Wildman–Crippen LogP) is 11.5. The number of allylic oxidation sites excluding steroid dienone is 1. The third-order valence-corrected chi connectivity index (χ3v) is 25.6. The summed E-state index contributed by atoms with van der Waals surface area (Å²) >= 11 is 0. The monoisotopic (exact) mass is 1110 g/mol. The maximum Gasteiger partial charge on any atom is 0.163 e. The summed E-state index contributed by atoms with van der Waals surface area (Å²) in [6.07, 6.45) is 19.0. The molecule has 5 saturated carbocycles. The molecule has 3 aliphatic heterocycles. The largest absolute Gasteiger partial charge is 0.393 e. The molecule has 7 fully saturated rings. The fraction of sp³-hybridized carbons (Fsp3) is 0.754. The van der Waals surface area contributed by atoms with Gasteiger partial charge in [0.25, 0.3) is 0 Å². The number of ketones is 2. The minimum absolute atomic E-state index is 0.0633. The number of H-pyrrole nitrogens is 1. The van der Waals surface area contributed by atoms with Gasteiger partial charge < -0.3 is 49.6 Å². The number of aliphatic hydroxyl groups is 4. The fourth-order valence-corrected chi connectivity index (χ4v) is 21.0. The number of fused-ring (bicyclic) bond motifs is 5. The second-order valence-corrected chi connectivity index (χ2v) is 30.0. The molecule has 12 rings (SSSR count). The summed E-state index contributed by atoms with van der Waals surface area (Å²) in [4.78, 5) is 49.8. The van der Waals surface area contributed by atoms with Crippen molar-refractivity contribution >= 4 is 28.9 Å². The minimum Gasteiger partial charge on any atom is -0.393 e. The van der Waals surface area contributed by atoms with Crippen molar-refractivity contribution in [1.29, 1.82) is 0 Å². The summed E-state index contributed by atoms with van der Waals surface area (Å²) in [5.74, 6) is -1.17. The number of aldehydes is 1. The van der Waals surface area contributed by atoms with Crippen LogP contribution in [-0.4, -0.2) is 105 Å². The van der Waals surface area contributed by atoms with Crippen LogP contribution in [0.2, 0.25) is 0 Å². The van der Waals surface area contributed by atoms with Gasteiger partial charge in [0.2, 0.25) is 0 Å². The molecule has 0 radical (unpaired) electrons. The molecule has 1 aromatic carbocycles. The van der Waals surface area contributed by atoms with E-state index in [1.165, 1.54) is 12.0 Å². The van der Waals surface area contributed by atoms with Crippen molar-refractivity contribution in [1.82, 2.24) is 14.9 Å². The summed E-state index contributed by atoms with van der Waals surface area (Å²) < 4.78 is 14.3. The van der Waals surface area contributed by atoms with E-state index in [0.29, 0.717) is 96.4 Å². The number of hydrogen-bond acceptors (Lipinski definition) is 10. The number of carbonyl (C=O) groups excluding carboxylic acids is 3. The van der Waals surface area contributed by atoms with Gasteiger partial charge in [-0.1, -0.05) is 98.3 Å². The molecule has 0 unspecified atom stereocenters. The van der Waals surface area contributed by atoms with Gasteiger partial charge in [-0.25, -0.2) is 0 Å². The number of carbonyl (C=O) groups is 3. The summed E-state index contributed by atoms with van der Waals surface area (Å²) in [6, 6.07) is 6.55. The van der Waals surface area contributed by atoms with Crippen molar-refractivity contribution in [3.05, 3.63) is 69.6 Å². The van der Waals surface area contributed by atoms with Crippen LogP contribution in [0.25, 0.3) is 11.0 Å². The molecule has 2 saturated heterocycles.